The Morgan fingerprint density at radius 3 is 2.62 bits per heavy atom. The zero-order chi connectivity index (χ0) is 12.0. The molecule has 0 spiro atoms. The monoisotopic (exact) mass is 226 g/mol. The first kappa shape index (κ1) is 13.7. The van der Waals surface area contributed by atoms with Crippen molar-refractivity contribution in [2.75, 3.05) is 33.7 Å². The van der Waals surface area contributed by atoms with Crippen molar-refractivity contribution < 1.29 is 4.79 Å². The Morgan fingerprint density at radius 2 is 1.94 bits per heavy atom. The lowest BCUT2D eigenvalue weighted by atomic mass is 10.0. The Morgan fingerprint density at radius 1 is 1.19 bits per heavy atom. The maximum Gasteiger partial charge on any atom is 0.151 e. The Labute approximate surface area is 99.8 Å². The molecule has 1 aliphatic rings. The molecule has 1 heterocycles. The van der Waals surface area contributed by atoms with Crippen molar-refractivity contribution in [3.8, 4) is 0 Å². The highest BCUT2D eigenvalue weighted by Gasteiger charge is 2.27. The zero-order valence-corrected chi connectivity index (χ0v) is 11.0. The van der Waals surface area contributed by atoms with E-state index < -0.39 is 0 Å². The summed E-state index contributed by atoms with van der Waals surface area (Å²) in [5, 5.41) is 0. The first-order chi connectivity index (χ1) is 7.65. The highest BCUT2D eigenvalue weighted by molar-refractivity contribution is 5.84. The Balaban J connectivity index is 2.28. The summed E-state index contributed by atoms with van der Waals surface area (Å²) >= 11 is 0. The molecule has 94 valence electrons. The fourth-order valence-corrected chi connectivity index (χ4v) is 2.25. The predicted molar refractivity (Wildman–Crippen MR) is 67.7 cm³/mol. The van der Waals surface area contributed by atoms with E-state index in [0.717, 1.165) is 32.5 Å². The summed E-state index contributed by atoms with van der Waals surface area (Å²) in [7, 11) is 4.17. The number of hydrogen-bond donors (Lipinski definition) is 0. The third kappa shape index (κ3) is 4.22. The van der Waals surface area contributed by atoms with Crippen LogP contribution in [0.2, 0.25) is 0 Å². The molecular formula is C13H26N2O. The van der Waals surface area contributed by atoms with Crippen molar-refractivity contribution in [1.29, 1.82) is 0 Å². The molecule has 1 unspecified atom stereocenters. The van der Waals surface area contributed by atoms with Gasteiger partial charge in [0, 0.05) is 26.1 Å². The quantitative estimate of drug-likeness (QED) is 0.645. The van der Waals surface area contributed by atoms with E-state index in [1.165, 1.54) is 19.3 Å². The lowest BCUT2D eigenvalue weighted by Gasteiger charge is -2.36. The average Bonchev–Trinajstić information content (AvgIpc) is 2.27. The highest BCUT2D eigenvalue weighted by atomic mass is 16.1. The van der Waals surface area contributed by atoms with Crippen LogP contribution in [0.15, 0.2) is 0 Å². The lowest BCUT2D eigenvalue weighted by Crippen LogP contribution is -2.53. The molecule has 1 atom stereocenters. The van der Waals surface area contributed by atoms with E-state index in [1.807, 2.05) is 0 Å². The Hall–Kier alpha value is -0.410. The number of unbranched alkanes of at least 4 members (excludes halogenated alkanes) is 3. The number of rotatable bonds is 6. The fourth-order valence-electron chi connectivity index (χ4n) is 2.25. The van der Waals surface area contributed by atoms with Gasteiger partial charge < -0.3 is 4.90 Å². The molecule has 1 fully saturated rings. The second-order valence-corrected chi connectivity index (χ2v) is 5.04. The smallest absolute Gasteiger partial charge is 0.151 e. The van der Waals surface area contributed by atoms with E-state index in [9.17, 15) is 4.79 Å². The van der Waals surface area contributed by atoms with Gasteiger partial charge in [-0.25, -0.2) is 0 Å². The molecule has 3 nitrogen and oxygen atoms in total. The largest absolute Gasteiger partial charge is 0.303 e. The third-order valence-corrected chi connectivity index (χ3v) is 3.50. The number of piperazine rings is 1. The van der Waals surface area contributed by atoms with E-state index >= 15 is 0 Å². The number of nitrogens with zero attached hydrogens (tertiary/aromatic N) is 2. The van der Waals surface area contributed by atoms with E-state index in [-0.39, 0.29) is 6.04 Å². The molecular weight excluding hydrogens is 200 g/mol. The molecule has 0 radical (unpaired) electrons. The first-order valence-corrected chi connectivity index (χ1v) is 6.56. The Kier molecular flexibility index (Phi) is 5.99. The van der Waals surface area contributed by atoms with Gasteiger partial charge in [0.25, 0.3) is 0 Å². The SMILES string of the molecule is CCCCCCC(=O)C1CN(C)CCN1C. The number of likely N-dealkylation sites (N-methyl/N-ethyl adjacent to an activating group) is 2. The van der Waals surface area contributed by atoms with Gasteiger partial charge in [-0.1, -0.05) is 26.2 Å². The molecule has 0 aliphatic carbocycles. The second kappa shape index (κ2) is 7.02. The van der Waals surface area contributed by atoms with Crippen molar-refractivity contribution in [2.45, 2.75) is 45.1 Å². The summed E-state index contributed by atoms with van der Waals surface area (Å²) in [6, 6.07) is 0.139. The summed E-state index contributed by atoms with van der Waals surface area (Å²) in [5.74, 6) is 0.435. The molecule has 0 aromatic rings. The molecule has 1 rings (SSSR count). The molecule has 0 N–H and O–H groups in total. The summed E-state index contributed by atoms with van der Waals surface area (Å²) in [6.45, 7) is 5.20. The number of carbonyl (C=O) groups is 1. The summed E-state index contributed by atoms with van der Waals surface area (Å²) in [6.07, 6.45) is 5.53. The number of hydrogen-bond acceptors (Lipinski definition) is 3. The van der Waals surface area contributed by atoms with Gasteiger partial charge in [-0.3, -0.25) is 9.69 Å². The molecule has 1 saturated heterocycles. The predicted octanol–water partition coefficient (Wildman–Crippen LogP) is 1.77. The summed E-state index contributed by atoms with van der Waals surface area (Å²) in [4.78, 5) is 16.5. The van der Waals surface area contributed by atoms with Crippen LogP contribution < -0.4 is 0 Å². The van der Waals surface area contributed by atoms with Crippen molar-refractivity contribution in [3.63, 3.8) is 0 Å². The van der Waals surface area contributed by atoms with Crippen LogP contribution >= 0.6 is 0 Å². The molecule has 1 aliphatic heterocycles. The van der Waals surface area contributed by atoms with Gasteiger partial charge in [-0.05, 0) is 20.5 Å². The van der Waals surface area contributed by atoms with Crippen LogP contribution in [0.4, 0.5) is 0 Å². The minimum atomic E-state index is 0.139. The van der Waals surface area contributed by atoms with E-state index in [0.29, 0.717) is 5.78 Å². The van der Waals surface area contributed by atoms with E-state index in [4.69, 9.17) is 0 Å². The van der Waals surface area contributed by atoms with Crippen LogP contribution in [-0.4, -0.2) is 55.4 Å². The van der Waals surface area contributed by atoms with Gasteiger partial charge in [0.15, 0.2) is 5.78 Å². The van der Waals surface area contributed by atoms with Crippen molar-refractivity contribution in [2.24, 2.45) is 0 Å². The molecule has 0 saturated carbocycles. The molecule has 0 bridgehead atoms. The van der Waals surface area contributed by atoms with Gasteiger partial charge in [0.1, 0.15) is 0 Å². The van der Waals surface area contributed by atoms with Crippen molar-refractivity contribution >= 4 is 5.78 Å². The van der Waals surface area contributed by atoms with Gasteiger partial charge in [0.05, 0.1) is 6.04 Å². The Bertz CT molecular complexity index is 218. The van der Waals surface area contributed by atoms with Gasteiger partial charge in [-0.2, -0.15) is 0 Å². The van der Waals surface area contributed by atoms with Gasteiger partial charge in [0.2, 0.25) is 0 Å². The molecule has 0 aromatic heterocycles. The number of Topliss-reactive ketones (excluding diaryl/α,β-unsaturated/α-hetero) is 1. The lowest BCUT2D eigenvalue weighted by molar-refractivity contribution is -0.125. The van der Waals surface area contributed by atoms with Crippen LogP contribution in [-0.2, 0) is 4.79 Å². The van der Waals surface area contributed by atoms with Gasteiger partial charge >= 0.3 is 0 Å². The fraction of sp³-hybridized carbons (Fsp3) is 0.923. The second-order valence-electron chi connectivity index (χ2n) is 5.04. The molecule has 3 heteroatoms. The minimum Gasteiger partial charge on any atom is -0.303 e. The number of carbonyl (C=O) groups excluding carboxylic acids is 1. The van der Waals surface area contributed by atoms with Crippen LogP contribution in [0.25, 0.3) is 0 Å². The summed E-state index contributed by atoms with van der Waals surface area (Å²) < 4.78 is 0. The average molecular weight is 226 g/mol. The van der Waals surface area contributed by atoms with Crippen LogP contribution in [0.5, 0.6) is 0 Å². The van der Waals surface area contributed by atoms with Gasteiger partial charge in [-0.15, -0.1) is 0 Å². The topological polar surface area (TPSA) is 23.6 Å². The maximum atomic E-state index is 12.0. The molecule has 0 aromatic carbocycles. The van der Waals surface area contributed by atoms with Crippen LogP contribution in [0, 0.1) is 0 Å². The van der Waals surface area contributed by atoms with E-state index in [1.54, 1.807) is 0 Å². The van der Waals surface area contributed by atoms with Crippen molar-refractivity contribution in [3.05, 3.63) is 0 Å². The van der Waals surface area contributed by atoms with Crippen molar-refractivity contribution in [1.82, 2.24) is 9.80 Å². The molecule has 0 amide bonds. The zero-order valence-electron chi connectivity index (χ0n) is 11.0. The third-order valence-electron chi connectivity index (χ3n) is 3.50. The minimum absolute atomic E-state index is 0.139. The van der Waals surface area contributed by atoms with E-state index in [2.05, 4.69) is 30.8 Å². The molecule has 16 heavy (non-hydrogen) atoms. The normalized spacial score (nSPS) is 23.6. The maximum absolute atomic E-state index is 12.0. The van der Waals surface area contributed by atoms with Crippen LogP contribution in [0.3, 0.4) is 0 Å². The summed E-state index contributed by atoms with van der Waals surface area (Å²) in [5.41, 5.74) is 0. The van der Waals surface area contributed by atoms with Crippen LogP contribution in [0.1, 0.15) is 39.0 Å². The standard InChI is InChI=1S/C13H26N2O/c1-4-5-6-7-8-13(16)12-11-14(2)9-10-15(12)3/h12H,4-11H2,1-3H3. The number of ketones is 1. The first-order valence-electron chi connectivity index (χ1n) is 6.56. The highest BCUT2D eigenvalue weighted by Crippen LogP contribution is 2.11.